The monoisotopic (exact) mass is 299 g/mol. The topological polar surface area (TPSA) is 50.2 Å². The number of carboxylic acid groups (broad SMARTS) is 1. The molecule has 98 valence electrons. The quantitative estimate of drug-likeness (QED) is 0.846. The van der Waals surface area contributed by atoms with Crippen LogP contribution in [0.25, 0.3) is 11.3 Å². The Labute approximate surface area is 118 Å². The van der Waals surface area contributed by atoms with Crippen molar-refractivity contribution in [2.24, 2.45) is 0 Å². The molecular formula is C13H8Cl2FNO2. The van der Waals surface area contributed by atoms with E-state index in [0.717, 1.165) is 0 Å². The number of benzene rings is 1. The second kappa shape index (κ2) is 5.15. The van der Waals surface area contributed by atoms with Gasteiger partial charge in [-0.25, -0.2) is 9.18 Å². The average molecular weight is 300 g/mol. The van der Waals surface area contributed by atoms with Crippen molar-refractivity contribution in [3.05, 3.63) is 51.4 Å². The number of aryl methyl sites for hydroxylation is 1. The summed E-state index contributed by atoms with van der Waals surface area (Å²) in [6.45, 7) is 1.69. The van der Waals surface area contributed by atoms with E-state index in [9.17, 15) is 9.18 Å². The van der Waals surface area contributed by atoms with Gasteiger partial charge in [-0.05, 0) is 31.2 Å². The second-order valence-corrected chi connectivity index (χ2v) is 4.66. The Morgan fingerprint density at radius 2 is 1.95 bits per heavy atom. The van der Waals surface area contributed by atoms with Gasteiger partial charge in [0.15, 0.2) is 5.82 Å². The lowest BCUT2D eigenvalue weighted by atomic mass is 10.0. The third-order valence-corrected chi connectivity index (χ3v) is 3.34. The Morgan fingerprint density at radius 3 is 2.58 bits per heavy atom. The Balaban J connectivity index is 2.75. The molecule has 1 aromatic heterocycles. The lowest BCUT2D eigenvalue weighted by Gasteiger charge is -2.09. The molecule has 0 bridgehead atoms. The smallest absolute Gasteiger partial charge is 0.337 e. The molecule has 1 N–H and O–H groups in total. The van der Waals surface area contributed by atoms with Crippen molar-refractivity contribution in [2.45, 2.75) is 6.92 Å². The molecule has 0 radical (unpaired) electrons. The summed E-state index contributed by atoms with van der Waals surface area (Å²) >= 11 is 11.4. The van der Waals surface area contributed by atoms with Gasteiger partial charge >= 0.3 is 5.97 Å². The van der Waals surface area contributed by atoms with Gasteiger partial charge in [0.05, 0.1) is 21.3 Å². The van der Waals surface area contributed by atoms with E-state index in [1.54, 1.807) is 13.0 Å². The summed E-state index contributed by atoms with van der Waals surface area (Å²) in [6.07, 6.45) is 0. The van der Waals surface area contributed by atoms with Gasteiger partial charge in [0.2, 0.25) is 0 Å². The van der Waals surface area contributed by atoms with Crippen LogP contribution in [0.5, 0.6) is 0 Å². The number of hydrogen-bond donors (Lipinski definition) is 1. The highest BCUT2D eigenvalue weighted by Gasteiger charge is 2.19. The van der Waals surface area contributed by atoms with Crippen molar-refractivity contribution in [3.63, 3.8) is 0 Å². The zero-order chi connectivity index (χ0) is 14.2. The van der Waals surface area contributed by atoms with E-state index >= 15 is 0 Å². The minimum absolute atomic E-state index is 0.00972. The maximum Gasteiger partial charge on any atom is 0.337 e. The molecule has 0 aliphatic rings. The standard InChI is InChI=1S/C13H8Cl2FNO2/c1-6-2-3-8(13(18)19)12(17-6)7-4-5-9(14)10(15)11(7)16/h2-5H,1H3,(H,18,19). The fourth-order valence-electron chi connectivity index (χ4n) is 1.64. The molecule has 6 heteroatoms. The highest BCUT2D eigenvalue weighted by molar-refractivity contribution is 6.42. The van der Waals surface area contributed by atoms with E-state index in [1.165, 1.54) is 18.2 Å². The SMILES string of the molecule is Cc1ccc(C(=O)O)c(-c2ccc(Cl)c(Cl)c2F)n1. The van der Waals surface area contributed by atoms with Crippen LogP contribution < -0.4 is 0 Å². The van der Waals surface area contributed by atoms with Crippen molar-refractivity contribution in [1.82, 2.24) is 4.98 Å². The minimum Gasteiger partial charge on any atom is -0.478 e. The summed E-state index contributed by atoms with van der Waals surface area (Å²) in [4.78, 5) is 15.2. The molecule has 2 aromatic rings. The minimum atomic E-state index is -1.19. The highest BCUT2D eigenvalue weighted by Crippen LogP contribution is 2.33. The first-order valence-electron chi connectivity index (χ1n) is 5.26. The summed E-state index contributed by atoms with van der Waals surface area (Å²) in [5.74, 6) is -1.97. The molecule has 0 fully saturated rings. The number of nitrogens with zero attached hydrogens (tertiary/aromatic N) is 1. The molecule has 3 nitrogen and oxygen atoms in total. The molecule has 0 atom stereocenters. The summed E-state index contributed by atoms with van der Waals surface area (Å²) < 4.78 is 14.1. The maximum atomic E-state index is 14.1. The van der Waals surface area contributed by atoms with E-state index in [-0.39, 0.29) is 26.9 Å². The van der Waals surface area contributed by atoms with Crippen LogP contribution in [0.15, 0.2) is 24.3 Å². The van der Waals surface area contributed by atoms with E-state index in [0.29, 0.717) is 5.69 Å². The molecule has 0 aliphatic carbocycles. The van der Waals surface area contributed by atoms with E-state index in [1.807, 2.05) is 0 Å². The number of aromatic nitrogens is 1. The number of aromatic carboxylic acids is 1. The van der Waals surface area contributed by atoms with Crippen LogP contribution in [0.1, 0.15) is 16.1 Å². The molecule has 19 heavy (non-hydrogen) atoms. The number of rotatable bonds is 2. The van der Waals surface area contributed by atoms with Crippen molar-refractivity contribution in [3.8, 4) is 11.3 Å². The van der Waals surface area contributed by atoms with Crippen molar-refractivity contribution >= 4 is 29.2 Å². The predicted octanol–water partition coefficient (Wildman–Crippen LogP) is 4.20. The third kappa shape index (κ3) is 2.55. The zero-order valence-electron chi connectivity index (χ0n) is 9.75. The lowest BCUT2D eigenvalue weighted by molar-refractivity contribution is 0.0697. The molecule has 0 unspecified atom stereocenters. The zero-order valence-corrected chi connectivity index (χ0v) is 11.3. The Hall–Kier alpha value is -1.65. The third-order valence-electron chi connectivity index (χ3n) is 2.56. The Morgan fingerprint density at radius 1 is 1.26 bits per heavy atom. The number of pyridine rings is 1. The first-order chi connectivity index (χ1) is 8.91. The number of carbonyl (C=O) groups is 1. The molecule has 0 aliphatic heterocycles. The molecule has 1 aromatic carbocycles. The first-order valence-corrected chi connectivity index (χ1v) is 6.02. The largest absolute Gasteiger partial charge is 0.478 e. The highest BCUT2D eigenvalue weighted by atomic mass is 35.5. The van der Waals surface area contributed by atoms with Crippen LogP contribution in [0.2, 0.25) is 10.0 Å². The van der Waals surface area contributed by atoms with Crippen LogP contribution >= 0.6 is 23.2 Å². The average Bonchev–Trinajstić information content (AvgIpc) is 2.35. The van der Waals surface area contributed by atoms with Crippen LogP contribution in [0, 0.1) is 12.7 Å². The first kappa shape index (κ1) is 13.8. The summed E-state index contributed by atoms with van der Waals surface area (Å²) in [6, 6.07) is 5.68. The van der Waals surface area contributed by atoms with E-state index < -0.39 is 11.8 Å². The maximum absolute atomic E-state index is 14.1. The van der Waals surface area contributed by atoms with E-state index in [4.69, 9.17) is 28.3 Å². The molecule has 1 heterocycles. The molecule has 0 spiro atoms. The normalized spacial score (nSPS) is 10.5. The molecule has 0 saturated carbocycles. The Kier molecular flexibility index (Phi) is 3.73. The summed E-state index contributed by atoms with van der Waals surface area (Å²) in [5, 5.41) is 8.92. The van der Waals surface area contributed by atoms with Crippen molar-refractivity contribution in [2.75, 3.05) is 0 Å². The van der Waals surface area contributed by atoms with Gasteiger partial charge in [0.1, 0.15) is 0 Å². The Bertz CT molecular complexity index is 674. The van der Waals surface area contributed by atoms with Gasteiger partial charge in [-0.15, -0.1) is 0 Å². The second-order valence-electron chi connectivity index (χ2n) is 3.88. The van der Waals surface area contributed by atoms with Crippen LogP contribution in [-0.4, -0.2) is 16.1 Å². The fourth-order valence-corrected chi connectivity index (χ4v) is 1.95. The fraction of sp³-hybridized carbons (Fsp3) is 0.0769. The van der Waals surface area contributed by atoms with Gasteiger partial charge in [-0.2, -0.15) is 0 Å². The van der Waals surface area contributed by atoms with E-state index in [2.05, 4.69) is 4.98 Å². The van der Waals surface area contributed by atoms with Crippen molar-refractivity contribution < 1.29 is 14.3 Å². The number of carboxylic acids is 1. The van der Waals surface area contributed by atoms with Gasteiger partial charge in [0, 0.05) is 11.3 Å². The lowest BCUT2D eigenvalue weighted by Crippen LogP contribution is -2.04. The number of hydrogen-bond acceptors (Lipinski definition) is 2. The van der Waals surface area contributed by atoms with Crippen LogP contribution in [0.4, 0.5) is 4.39 Å². The number of halogens is 3. The van der Waals surface area contributed by atoms with Gasteiger partial charge < -0.3 is 5.11 Å². The summed E-state index contributed by atoms with van der Waals surface area (Å²) in [7, 11) is 0. The van der Waals surface area contributed by atoms with Gasteiger partial charge in [0.25, 0.3) is 0 Å². The van der Waals surface area contributed by atoms with Crippen molar-refractivity contribution in [1.29, 1.82) is 0 Å². The predicted molar refractivity (Wildman–Crippen MR) is 71.3 cm³/mol. The molecule has 0 saturated heterocycles. The van der Waals surface area contributed by atoms with Gasteiger partial charge in [-0.1, -0.05) is 23.2 Å². The van der Waals surface area contributed by atoms with Gasteiger partial charge in [-0.3, -0.25) is 4.98 Å². The molecule has 0 amide bonds. The van der Waals surface area contributed by atoms with Crippen LogP contribution in [-0.2, 0) is 0 Å². The molecular weight excluding hydrogens is 292 g/mol. The molecule has 2 rings (SSSR count). The summed E-state index contributed by atoms with van der Waals surface area (Å²) in [5.41, 5.74) is 0.521. The van der Waals surface area contributed by atoms with Crippen LogP contribution in [0.3, 0.4) is 0 Å².